The minimum Gasteiger partial charge on any atom is -2.00 e. The van der Waals surface area contributed by atoms with Gasteiger partial charge in [-0.1, -0.05) is 0 Å². The molecule has 1 nitrogen and oxygen atoms in total. The molecule has 0 aliphatic carbocycles. The zero-order valence-electron chi connectivity index (χ0n) is 1.72. The predicted octanol–water partition coefficient (Wildman–Crippen LogP) is -1.42. The van der Waals surface area contributed by atoms with Gasteiger partial charge in [0, 0.05) is 34.4 Å². The normalized spacial score (nSPS) is 0. The predicted molar refractivity (Wildman–Crippen MR) is 15.0 cm³/mol. The Kier molecular flexibility index (Phi) is 270. The van der Waals surface area contributed by atoms with E-state index in [1.807, 2.05) is 0 Å². The van der Waals surface area contributed by atoms with Crippen LogP contribution < -0.4 is 0 Å². The van der Waals surface area contributed by atoms with Crippen LogP contribution in [0.5, 0.6) is 0 Å². The molecule has 0 atom stereocenters. The molecule has 0 saturated heterocycles. The summed E-state index contributed by atoms with van der Waals surface area (Å²) in [6.07, 6.45) is 0. The average Bonchev–Trinajstić information content (AvgIpc) is 0. The smallest absolute Gasteiger partial charge is 2.00 e. The van der Waals surface area contributed by atoms with Crippen LogP contribution >= 0.6 is 0 Å². The number of hydrogen-bond acceptors (Lipinski definition) is 0. The van der Waals surface area contributed by atoms with Crippen LogP contribution in [0.15, 0.2) is 0 Å². The van der Waals surface area contributed by atoms with Gasteiger partial charge in [-0.25, -0.2) is 0 Å². The second-order valence-electron chi connectivity index (χ2n) is 0. The third-order valence-electron chi connectivity index (χ3n) is 0. The van der Waals surface area contributed by atoms with Crippen molar-refractivity contribution < 1.29 is 39.6 Å². The molecule has 0 aromatic carbocycles. The second-order valence-corrected chi connectivity index (χ2v) is 0. The molecule has 0 bridgehead atoms. The zero-order valence-corrected chi connectivity index (χ0v) is 5.16. The maximum atomic E-state index is 0. The van der Waals surface area contributed by atoms with Crippen LogP contribution in [0.25, 0.3) is 0 Å². The first-order chi connectivity index (χ1) is 0. The summed E-state index contributed by atoms with van der Waals surface area (Å²) in [5.41, 5.74) is 0. The minimum atomic E-state index is 0. The van der Waals surface area contributed by atoms with Crippen molar-refractivity contribution in [1.82, 2.24) is 0 Å². The Morgan fingerprint density at radius 1 is 1.00 bits per heavy atom. The molecule has 5 heteroatoms. The average molecular weight is 196 g/mol. The monoisotopic (exact) mass is 196 g/mol. The Labute approximate surface area is 93.0 Å². The molecular weight excluding hydrogens is 194 g/mol. The molecule has 0 aromatic heterocycles. The van der Waals surface area contributed by atoms with E-state index < -0.39 is 0 Å². The fourth-order valence-electron chi connectivity index (χ4n) is 0. The maximum Gasteiger partial charge on any atom is 2.00 e. The standard InChI is InChI=1S/Al.Ca.Fe.Mn.O.2H/q;;;+2;-2;;. The summed E-state index contributed by atoms with van der Waals surface area (Å²) >= 11 is 0. The molecule has 0 aromatic rings. The van der Waals surface area contributed by atoms with Crippen molar-refractivity contribution in [2.75, 3.05) is 0 Å². The Balaban J connectivity index is 0. The summed E-state index contributed by atoms with van der Waals surface area (Å²) in [5.74, 6) is 0. The van der Waals surface area contributed by atoms with E-state index in [4.69, 9.17) is 0 Å². The molecular formula is H2AlCaFeMnO. The molecule has 0 fully saturated rings. The van der Waals surface area contributed by atoms with Crippen molar-refractivity contribution in [3.63, 3.8) is 0 Å². The Morgan fingerprint density at radius 3 is 1.00 bits per heavy atom. The molecule has 0 N–H and O–H groups in total. The van der Waals surface area contributed by atoms with E-state index in [2.05, 4.69) is 0 Å². The van der Waals surface area contributed by atoms with E-state index in [0.717, 1.165) is 0 Å². The van der Waals surface area contributed by atoms with E-state index in [-0.39, 0.29) is 94.7 Å². The molecule has 0 heterocycles. The van der Waals surface area contributed by atoms with Gasteiger partial charge in [-0.05, 0) is 0 Å². The molecule has 4 radical (unpaired) electrons. The van der Waals surface area contributed by atoms with Crippen LogP contribution in [0.3, 0.4) is 0 Å². The zero-order chi connectivity index (χ0) is 0. The van der Waals surface area contributed by atoms with Crippen LogP contribution in [0, 0.1) is 0 Å². The largest absolute Gasteiger partial charge is 2.00 e. The van der Waals surface area contributed by atoms with Crippen molar-refractivity contribution in [3.05, 3.63) is 0 Å². The molecule has 0 spiro atoms. The molecule has 28 valence electrons. The third-order valence-corrected chi connectivity index (χ3v) is 0. The van der Waals surface area contributed by atoms with Crippen LogP contribution in [0.2, 0.25) is 0 Å². The van der Waals surface area contributed by atoms with Gasteiger partial charge in [0.25, 0.3) is 0 Å². The second kappa shape index (κ2) is 29.2. The summed E-state index contributed by atoms with van der Waals surface area (Å²) in [5, 5.41) is 0. The molecule has 0 rings (SSSR count). The molecule has 5 heavy (non-hydrogen) atoms. The van der Waals surface area contributed by atoms with Gasteiger partial charge in [-0.2, -0.15) is 0 Å². The van der Waals surface area contributed by atoms with Gasteiger partial charge in [-0.3, -0.25) is 0 Å². The first kappa shape index (κ1) is 46.1. The van der Waals surface area contributed by atoms with Gasteiger partial charge >= 0.3 is 54.8 Å². The van der Waals surface area contributed by atoms with Crippen molar-refractivity contribution in [2.24, 2.45) is 0 Å². The maximum absolute atomic E-state index is 0. The Morgan fingerprint density at radius 2 is 1.00 bits per heavy atom. The first-order valence-corrected chi connectivity index (χ1v) is 0. The van der Waals surface area contributed by atoms with Gasteiger partial charge in [0.15, 0.2) is 0 Å². The van der Waals surface area contributed by atoms with Crippen molar-refractivity contribution in [2.45, 2.75) is 0 Å². The van der Waals surface area contributed by atoms with E-state index in [1.54, 1.807) is 0 Å². The summed E-state index contributed by atoms with van der Waals surface area (Å²) < 4.78 is 0. The van der Waals surface area contributed by atoms with Gasteiger partial charge in [0.2, 0.25) is 0 Å². The Hall–Kier alpha value is 2.79. The molecule has 0 aliphatic heterocycles. The first-order valence-electron chi connectivity index (χ1n) is 0. The minimum absolute atomic E-state index is 0. The summed E-state index contributed by atoms with van der Waals surface area (Å²) in [4.78, 5) is 0. The van der Waals surface area contributed by atoms with Crippen LogP contribution in [0.4, 0.5) is 0 Å². The number of hydrogen-bond donors (Lipinski definition) is 0. The fraction of sp³-hybridized carbons (Fsp3) is 0. The number of rotatable bonds is 0. The molecule has 0 aliphatic rings. The molecule has 0 unspecified atom stereocenters. The summed E-state index contributed by atoms with van der Waals surface area (Å²) in [7, 11) is 0. The topological polar surface area (TPSA) is 28.5 Å². The molecule has 0 amide bonds. The summed E-state index contributed by atoms with van der Waals surface area (Å²) in [6, 6.07) is 0. The molecule has 0 saturated carbocycles. The van der Waals surface area contributed by atoms with Gasteiger partial charge < -0.3 is 5.48 Å². The summed E-state index contributed by atoms with van der Waals surface area (Å²) in [6.45, 7) is 0. The van der Waals surface area contributed by atoms with Crippen LogP contribution in [0.1, 0.15) is 0 Å². The quantitative estimate of drug-likeness (QED) is 0.425. The van der Waals surface area contributed by atoms with Gasteiger partial charge in [0.05, 0.1) is 0 Å². The van der Waals surface area contributed by atoms with Gasteiger partial charge in [-0.15, -0.1) is 0 Å². The van der Waals surface area contributed by atoms with E-state index in [0.29, 0.717) is 0 Å². The van der Waals surface area contributed by atoms with E-state index >= 15 is 0 Å². The third kappa shape index (κ3) is 20.0. The fourth-order valence-corrected chi connectivity index (χ4v) is 0. The van der Waals surface area contributed by atoms with E-state index in [1.165, 1.54) is 0 Å². The van der Waals surface area contributed by atoms with Crippen molar-refractivity contribution in [1.29, 1.82) is 0 Å². The van der Waals surface area contributed by atoms with E-state index in [9.17, 15) is 0 Å². The SMILES string of the molecule is [Al].[CaH2].[Fe].[Mn+2].[O-2]. The van der Waals surface area contributed by atoms with Crippen molar-refractivity contribution >= 4 is 55.1 Å². The van der Waals surface area contributed by atoms with Crippen molar-refractivity contribution in [3.8, 4) is 0 Å². The van der Waals surface area contributed by atoms with Gasteiger partial charge in [0.1, 0.15) is 0 Å². The van der Waals surface area contributed by atoms with Crippen LogP contribution in [-0.2, 0) is 39.6 Å². The van der Waals surface area contributed by atoms with Crippen LogP contribution in [-0.4, -0.2) is 55.1 Å². The Bertz CT molecular complexity index is 11.6.